The highest BCUT2D eigenvalue weighted by Gasteiger charge is 2.17. The van der Waals surface area contributed by atoms with Crippen LogP contribution < -0.4 is 11.3 Å². The lowest BCUT2D eigenvalue weighted by Crippen LogP contribution is -2.31. The number of aromatic nitrogens is 2. The number of hydrazine groups is 1. The second kappa shape index (κ2) is 5.97. The third kappa shape index (κ3) is 2.83. The molecule has 0 bridgehead atoms. The maximum atomic E-state index is 5.69. The number of rotatable bonds is 5. The zero-order valence-electron chi connectivity index (χ0n) is 10.5. The number of hydrogen-bond donors (Lipinski definition) is 2. The largest absolute Gasteiger partial charge is 0.271 e. The second-order valence-corrected chi connectivity index (χ2v) is 6.01. The van der Waals surface area contributed by atoms with Gasteiger partial charge in [-0.15, -0.1) is 11.3 Å². The highest BCUT2D eigenvalue weighted by molar-refractivity contribution is 9.10. The van der Waals surface area contributed by atoms with Gasteiger partial charge in [0.25, 0.3) is 0 Å². The molecular weight excluding hydrogens is 312 g/mol. The van der Waals surface area contributed by atoms with E-state index in [4.69, 9.17) is 5.84 Å². The lowest BCUT2D eigenvalue weighted by molar-refractivity contribution is 0.510. The van der Waals surface area contributed by atoms with Crippen LogP contribution in [0.3, 0.4) is 0 Å². The molecule has 0 fully saturated rings. The van der Waals surface area contributed by atoms with E-state index in [0.29, 0.717) is 0 Å². The summed E-state index contributed by atoms with van der Waals surface area (Å²) in [5.74, 6) is 5.69. The molecule has 2 rings (SSSR count). The first-order chi connectivity index (χ1) is 8.65. The van der Waals surface area contributed by atoms with Crippen LogP contribution in [0.2, 0.25) is 0 Å². The number of halogens is 1. The molecule has 0 aliphatic rings. The van der Waals surface area contributed by atoms with Gasteiger partial charge in [0.2, 0.25) is 0 Å². The van der Waals surface area contributed by atoms with Gasteiger partial charge in [-0.3, -0.25) is 16.0 Å². The van der Waals surface area contributed by atoms with E-state index in [1.54, 1.807) is 11.3 Å². The first-order valence-electron chi connectivity index (χ1n) is 5.86. The van der Waals surface area contributed by atoms with Crippen molar-refractivity contribution in [1.82, 2.24) is 15.2 Å². The third-order valence-corrected chi connectivity index (χ3v) is 4.92. The topological polar surface area (TPSA) is 55.9 Å². The Bertz CT molecular complexity index is 520. The molecule has 2 heterocycles. The summed E-state index contributed by atoms with van der Waals surface area (Å²) in [4.78, 5) is 1.29. The fourth-order valence-electron chi connectivity index (χ4n) is 1.95. The van der Waals surface area contributed by atoms with E-state index in [1.807, 2.05) is 11.7 Å². The zero-order chi connectivity index (χ0) is 13.1. The van der Waals surface area contributed by atoms with Crippen molar-refractivity contribution in [1.29, 1.82) is 0 Å². The lowest BCUT2D eigenvalue weighted by atomic mass is 10.1. The molecule has 98 valence electrons. The summed E-state index contributed by atoms with van der Waals surface area (Å²) in [7, 11) is 1.96. The van der Waals surface area contributed by atoms with Gasteiger partial charge in [-0.05, 0) is 39.9 Å². The average Bonchev–Trinajstić information content (AvgIpc) is 2.93. The minimum absolute atomic E-state index is 0.0812. The first kappa shape index (κ1) is 13.7. The summed E-state index contributed by atoms with van der Waals surface area (Å²) in [5.41, 5.74) is 5.10. The SMILES string of the molecule is CCc1cc(C(Cc2sccc2Br)NN)n(C)n1. The van der Waals surface area contributed by atoms with E-state index >= 15 is 0 Å². The number of hydrogen-bond acceptors (Lipinski definition) is 4. The van der Waals surface area contributed by atoms with Crippen LogP contribution >= 0.6 is 27.3 Å². The Balaban J connectivity index is 2.22. The van der Waals surface area contributed by atoms with Crippen molar-refractivity contribution in [3.8, 4) is 0 Å². The van der Waals surface area contributed by atoms with Gasteiger partial charge in [0.05, 0.1) is 17.4 Å². The Morgan fingerprint density at radius 3 is 2.89 bits per heavy atom. The van der Waals surface area contributed by atoms with Crippen LogP contribution in [0.25, 0.3) is 0 Å². The van der Waals surface area contributed by atoms with Crippen molar-refractivity contribution in [2.75, 3.05) is 0 Å². The fourth-order valence-corrected chi connectivity index (χ4v) is 3.51. The molecule has 18 heavy (non-hydrogen) atoms. The molecule has 0 spiro atoms. The molecule has 0 aliphatic carbocycles. The Morgan fingerprint density at radius 1 is 1.61 bits per heavy atom. The molecule has 4 nitrogen and oxygen atoms in total. The van der Waals surface area contributed by atoms with E-state index in [9.17, 15) is 0 Å². The Labute approximate surface area is 119 Å². The van der Waals surface area contributed by atoms with Gasteiger partial charge in [0.1, 0.15) is 0 Å². The van der Waals surface area contributed by atoms with Gasteiger partial charge in [0, 0.05) is 22.8 Å². The standard InChI is InChI=1S/C12H17BrN4S/c1-3-8-6-11(17(2)16-8)10(15-14)7-12-9(13)4-5-18-12/h4-6,10,15H,3,7,14H2,1-2H3. The highest BCUT2D eigenvalue weighted by Crippen LogP contribution is 2.28. The molecule has 2 aromatic rings. The zero-order valence-corrected chi connectivity index (χ0v) is 12.9. The number of nitrogens with zero attached hydrogens (tertiary/aromatic N) is 2. The molecule has 3 N–H and O–H groups in total. The van der Waals surface area contributed by atoms with E-state index in [2.05, 4.69) is 50.9 Å². The van der Waals surface area contributed by atoms with Crippen molar-refractivity contribution in [3.63, 3.8) is 0 Å². The molecule has 0 radical (unpaired) electrons. The average molecular weight is 329 g/mol. The highest BCUT2D eigenvalue weighted by atomic mass is 79.9. The summed E-state index contributed by atoms with van der Waals surface area (Å²) in [6, 6.07) is 4.26. The summed E-state index contributed by atoms with van der Waals surface area (Å²) < 4.78 is 3.05. The maximum Gasteiger partial charge on any atom is 0.0677 e. The predicted octanol–water partition coefficient (Wildman–Crippen LogP) is 2.55. The van der Waals surface area contributed by atoms with Crippen LogP contribution in [-0.2, 0) is 19.9 Å². The molecule has 2 aromatic heterocycles. The van der Waals surface area contributed by atoms with Crippen LogP contribution in [0.5, 0.6) is 0 Å². The normalized spacial score (nSPS) is 12.9. The minimum Gasteiger partial charge on any atom is -0.271 e. The van der Waals surface area contributed by atoms with Gasteiger partial charge in [-0.25, -0.2) is 0 Å². The van der Waals surface area contributed by atoms with E-state index in [0.717, 1.165) is 28.7 Å². The number of thiophene rings is 1. The number of nitrogens with one attached hydrogen (secondary N) is 1. The van der Waals surface area contributed by atoms with Crippen LogP contribution in [0.1, 0.15) is 29.2 Å². The monoisotopic (exact) mass is 328 g/mol. The summed E-state index contributed by atoms with van der Waals surface area (Å²) >= 11 is 5.29. The quantitative estimate of drug-likeness (QED) is 0.655. The molecule has 1 atom stereocenters. The molecule has 6 heteroatoms. The first-order valence-corrected chi connectivity index (χ1v) is 7.53. The summed E-state index contributed by atoms with van der Waals surface area (Å²) in [6.45, 7) is 2.10. The van der Waals surface area contributed by atoms with Crippen molar-refractivity contribution in [2.45, 2.75) is 25.8 Å². The van der Waals surface area contributed by atoms with Crippen LogP contribution in [-0.4, -0.2) is 9.78 Å². The van der Waals surface area contributed by atoms with Crippen LogP contribution in [0.4, 0.5) is 0 Å². The third-order valence-electron chi connectivity index (χ3n) is 2.97. The molecule has 0 amide bonds. The van der Waals surface area contributed by atoms with Crippen LogP contribution in [0, 0.1) is 0 Å². The van der Waals surface area contributed by atoms with Crippen LogP contribution in [0.15, 0.2) is 22.0 Å². The Kier molecular flexibility index (Phi) is 4.55. The molecule has 0 aromatic carbocycles. The molecular formula is C12H17BrN4S. The molecule has 0 aliphatic heterocycles. The van der Waals surface area contributed by atoms with E-state index in [1.165, 1.54) is 4.88 Å². The Morgan fingerprint density at radius 2 is 2.39 bits per heavy atom. The second-order valence-electron chi connectivity index (χ2n) is 4.15. The fraction of sp³-hybridized carbons (Fsp3) is 0.417. The van der Waals surface area contributed by atoms with Gasteiger partial charge in [-0.2, -0.15) is 5.10 Å². The van der Waals surface area contributed by atoms with Crippen molar-refractivity contribution >= 4 is 27.3 Å². The van der Waals surface area contributed by atoms with Gasteiger partial charge in [0.15, 0.2) is 0 Å². The van der Waals surface area contributed by atoms with Gasteiger partial charge in [-0.1, -0.05) is 6.92 Å². The smallest absolute Gasteiger partial charge is 0.0677 e. The molecule has 0 saturated carbocycles. The predicted molar refractivity (Wildman–Crippen MR) is 78.4 cm³/mol. The lowest BCUT2D eigenvalue weighted by Gasteiger charge is -2.15. The maximum absolute atomic E-state index is 5.69. The van der Waals surface area contributed by atoms with Gasteiger partial charge < -0.3 is 0 Å². The van der Waals surface area contributed by atoms with Crippen molar-refractivity contribution in [2.24, 2.45) is 12.9 Å². The Hall–Kier alpha value is -0.690. The van der Waals surface area contributed by atoms with E-state index in [-0.39, 0.29) is 6.04 Å². The van der Waals surface area contributed by atoms with Gasteiger partial charge >= 0.3 is 0 Å². The van der Waals surface area contributed by atoms with E-state index < -0.39 is 0 Å². The number of aryl methyl sites for hydroxylation is 2. The van der Waals surface area contributed by atoms with Crippen molar-refractivity contribution < 1.29 is 0 Å². The minimum atomic E-state index is 0.0812. The summed E-state index contributed by atoms with van der Waals surface area (Å²) in [5, 5.41) is 6.54. The summed E-state index contributed by atoms with van der Waals surface area (Å²) in [6.07, 6.45) is 1.80. The molecule has 1 unspecified atom stereocenters. The molecule has 0 saturated heterocycles. The number of nitrogens with two attached hydrogens (primary N) is 1. The van der Waals surface area contributed by atoms with Crippen molar-refractivity contribution in [3.05, 3.63) is 38.3 Å².